The van der Waals surface area contributed by atoms with Gasteiger partial charge in [-0.1, -0.05) is 18.2 Å². The van der Waals surface area contributed by atoms with Gasteiger partial charge < -0.3 is 20.1 Å². The second kappa shape index (κ2) is 9.49. The first-order chi connectivity index (χ1) is 10.1. The Hall–Kier alpha value is -2.41. The van der Waals surface area contributed by atoms with Gasteiger partial charge >= 0.3 is 11.9 Å². The molecule has 0 aliphatic heterocycles. The number of carbonyl (C=O) groups excluding carboxylic acids is 2. The minimum absolute atomic E-state index is 0.126. The molecule has 1 rings (SSSR count). The van der Waals surface area contributed by atoms with Crippen LogP contribution in [0.25, 0.3) is 0 Å². The SMILES string of the molecule is COC(=O)/C=C/C(=O)OCCNC(=S)Nc1ccccc1. The molecule has 0 aromatic heterocycles. The van der Waals surface area contributed by atoms with Gasteiger partial charge in [0.25, 0.3) is 0 Å². The summed E-state index contributed by atoms with van der Waals surface area (Å²) in [6.45, 7) is 0.484. The van der Waals surface area contributed by atoms with E-state index in [1.807, 2.05) is 30.3 Å². The number of hydrogen-bond donors (Lipinski definition) is 2. The number of methoxy groups -OCH3 is 1. The molecule has 2 N–H and O–H groups in total. The van der Waals surface area contributed by atoms with E-state index in [-0.39, 0.29) is 6.61 Å². The van der Waals surface area contributed by atoms with Crippen molar-refractivity contribution < 1.29 is 19.1 Å². The van der Waals surface area contributed by atoms with Gasteiger partial charge in [0, 0.05) is 17.8 Å². The van der Waals surface area contributed by atoms with Gasteiger partial charge in [-0.05, 0) is 24.4 Å². The second-order valence-corrected chi connectivity index (χ2v) is 4.18. The lowest BCUT2D eigenvalue weighted by atomic mass is 10.3. The molecule has 0 saturated carbocycles. The van der Waals surface area contributed by atoms with Gasteiger partial charge in [-0.25, -0.2) is 9.59 Å². The smallest absolute Gasteiger partial charge is 0.331 e. The molecule has 0 spiro atoms. The Balaban J connectivity index is 2.16. The zero-order chi connectivity index (χ0) is 15.5. The van der Waals surface area contributed by atoms with Crippen molar-refractivity contribution in [2.45, 2.75) is 0 Å². The van der Waals surface area contributed by atoms with E-state index >= 15 is 0 Å². The number of anilines is 1. The fraction of sp³-hybridized carbons (Fsp3) is 0.214. The van der Waals surface area contributed by atoms with Gasteiger partial charge in [0.1, 0.15) is 6.61 Å². The van der Waals surface area contributed by atoms with E-state index in [9.17, 15) is 9.59 Å². The van der Waals surface area contributed by atoms with Crippen LogP contribution in [0.2, 0.25) is 0 Å². The maximum absolute atomic E-state index is 11.2. The van der Waals surface area contributed by atoms with E-state index in [0.29, 0.717) is 11.7 Å². The van der Waals surface area contributed by atoms with Crippen LogP contribution in [0.15, 0.2) is 42.5 Å². The number of ether oxygens (including phenoxy) is 2. The number of rotatable bonds is 6. The predicted molar refractivity (Wildman–Crippen MR) is 82.8 cm³/mol. The molecule has 1 aromatic carbocycles. The minimum atomic E-state index is -0.621. The van der Waals surface area contributed by atoms with Gasteiger partial charge in [0.2, 0.25) is 0 Å². The molecule has 6 nitrogen and oxygen atoms in total. The highest BCUT2D eigenvalue weighted by atomic mass is 32.1. The van der Waals surface area contributed by atoms with Crippen molar-refractivity contribution in [1.82, 2.24) is 5.32 Å². The molecule has 7 heteroatoms. The van der Waals surface area contributed by atoms with E-state index in [1.165, 1.54) is 7.11 Å². The summed E-state index contributed by atoms with van der Waals surface area (Å²) in [5, 5.41) is 6.31. The average molecular weight is 308 g/mol. The zero-order valence-corrected chi connectivity index (χ0v) is 12.3. The quantitative estimate of drug-likeness (QED) is 0.354. The van der Waals surface area contributed by atoms with Crippen LogP contribution in [0.3, 0.4) is 0 Å². The Kier molecular flexibility index (Phi) is 7.52. The summed E-state index contributed by atoms with van der Waals surface area (Å²) in [6.07, 6.45) is 2.00. The van der Waals surface area contributed by atoms with Crippen LogP contribution in [0.1, 0.15) is 0 Å². The molecule has 0 atom stereocenters. The maximum atomic E-state index is 11.2. The Morgan fingerprint density at radius 2 is 1.86 bits per heavy atom. The van der Waals surface area contributed by atoms with Gasteiger partial charge in [-0.15, -0.1) is 0 Å². The summed E-state index contributed by atoms with van der Waals surface area (Å²) < 4.78 is 9.20. The molecule has 0 bridgehead atoms. The number of nitrogens with one attached hydrogen (secondary N) is 2. The van der Waals surface area contributed by atoms with Crippen LogP contribution in [0.4, 0.5) is 5.69 Å². The molecule has 21 heavy (non-hydrogen) atoms. The minimum Gasteiger partial charge on any atom is -0.466 e. The first-order valence-electron chi connectivity index (χ1n) is 6.14. The summed E-state index contributed by atoms with van der Waals surface area (Å²) >= 11 is 5.08. The van der Waals surface area contributed by atoms with Gasteiger partial charge in [0.15, 0.2) is 5.11 Å². The van der Waals surface area contributed by atoms with Gasteiger partial charge in [0.05, 0.1) is 13.7 Å². The number of hydrogen-bond acceptors (Lipinski definition) is 5. The lowest BCUT2D eigenvalue weighted by molar-refractivity contribution is -0.139. The molecular weight excluding hydrogens is 292 g/mol. The van der Waals surface area contributed by atoms with Crippen LogP contribution >= 0.6 is 12.2 Å². The highest BCUT2D eigenvalue weighted by Crippen LogP contribution is 2.03. The molecule has 112 valence electrons. The Labute approximate surface area is 128 Å². The maximum Gasteiger partial charge on any atom is 0.331 e. The van der Waals surface area contributed by atoms with Gasteiger partial charge in [-0.2, -0.15) is 0 Å². The number of para-hydroxylation sites is 1. The monoisotopic (exact) mass is 308 g/mol. The van der Waals surface area contributed by atoms with Crippen LogP contribution in [0.5, 0.6) is 0 Å². The first kappa shape index (κ1) is 16.6. The van der Waals surface area contributed by atoms with Crippen molar-refractivity contribution in [2.75, 3.05) is 25.6 Å². The summed E-state index contributed by atoms with van der Waals surface area (Å²) in [7, 11) is 1.22. The standard InChI is InChI=1S/C14H16N2O4S/c1-19-12(17)7-8-13(18)20-10-9-15-14(21)16-11-5-3-2-4-6-11/h2-8H,9-10H2,1H3,(H2,15,16,21)/b8-7+. The van der Waals surface area contributed by atoms with Crippen LogP contribution < -0.4 is 10.6 Å². The van der Waals surface area contributed by atoms with Crippen molar-refractivity contribution >= 4 is 35.0 Å². The lowest BCUT2D eigenvalue weighted by Crippen LogP contribution is -2.31. The molecular formula is C14H16N2O4S. The summed E-state index contributed by atoms with van der Waals surface area (Å²) in [5.41, 5.74) is 0.869. The van der Waals surface area contributed by atoms with Crippen molar-refractivity contribution in [3.05, 3.63) is 42.5 Å². The van der Waals surface area contributed by atoms with E-state index in [0.717, 1.165) is 17.8 Å². The van der Waals surface area contributed by atoms with Crippen molar-refractivity contribution in [2.24, 2.45) is 0 Å². The Morgan fingerprint density at radius 3 is 2.52 bits per heavy atom. The van der Waals surface area contributed by atoms with Crippen molar-refractivity contribution in [1.29, 1.82) is 0 Å². The Bertz CT molecular complexity index is 517. The van der Waals surface area contributed by atoms with E-state index in [2.05, 4.69) is 15.4 Å². The van der Waals surface area contributed by atoms with E-state index < -0.39 is 11.9 Å². The van der Waals surface area contributed by atoms with Crippen LogP contribution in [0, 0.1) is 0 Å². The normalized spacial score (nSPS) is 9.95. The molecule has 0 aliphatic carbocycles. The lowest BCUT2D eigenvalue weighted by Gasteiger charge is -2.10. The topological polar surface area (TPSA) is 76.7 Å². The molecule has 0 fully saturated rings. The first-order valence-corrected chi connectivity index (χ1v) is 6.55. The van der Waals surface area contributed by atoms with E-state index in [4.69, 9.17) is 17.0 Å². The molecule has 0 unspecified atom stereocenters. The summed E-state index contributed by atoms with van der Waals surface area (Å²) in [4.78, 5) is 22.0. The number of carbonyl (C=O) groups is 2. The van der Waals surface area contributed by atoms with Crippen molar-refractivity contribution in [3.63, 3.8) is 0 Å². The zero-order valence-electron chi connectivity index (χ0n) is 11.5. The van der Waals surface area contributed by atoms with Crippen molar-refractivity contribution in [3.8, 4) is 0 Å². The van der Waals surface area contributed by atoms with Gasteiger partial charge in [-0.3, -0.25) is 0 Å². The molecule has 0 aliphatic rings. The largest absolute Gasteiger partial charge is 0.466 e. The number of benzene rings is 1. The average Bonchev–Trinajstić information content (AvgIpc) is 2.50. The summed E-state index contributed by atoms with van der Waals surface area (Å²) in [6, 6.07) is 9.45. The highest BCUT2D eigenvalue weighted by molar-refractivity contribution is 7.80. The molecule has 0 heterocycles. The fourth-order valence-corrected chi connectivity index (χ4v) is 1.49. The fourth-order valence-electron chi connectivity index (χ4n) is 1.27. The highest BCUT2D eigenvalue weighted by Gasteiger charge is 2.00. The van der Waals surface area contributed by atoms with Crippen LogP contribution in [-0.2, 0) is 19.1 Å². The molecule has 0 radical (unpaired) electrons. The second-order valence-electron chi connectivity index (χ2n) is 3.77. The third-order valence-corrected chi connectivity index (χ3v) is 2.47. The Morgan fingerprint density at radius 1 is 1.19 bits per heavy atom. The van der Waals surface area contributed by atoms with E-state index in [1.54, 1.807) is 0 Å². The number of esters is 2. The third kappa shape index (κ3) is 7.68. The molecule has 0 amide bonds. The summed E-state index contributed by atoms with van der Waals surface area (Å²) in [5.74, 6) is -1.23. The van der Waals surface area contributed by atoms with Crippen LogP contribution in [-0.4, -0.2) is 37.3 Å². The molecule has 0 saturated heterocycles. The third-order valence-electron chi connectivity index (χ3n) is 2.22. The number of thiocarbonyl (C=S) groups is 1. The predicted octanol–water partition coefficient (Wildman–Crippen LogP) is 1.25. The molecule has 1 aromatic rings.